The smallest absolute Gasteiger partial charge is 0.150 e. The predicted octanol–water partition coefficient (Wildman–Crippen LogP) is 2.83. The lowest BCUT2D eigenvalue weighted by atomic mass is 9.86. The van der Waals surface area contributed by atoms with E-state index in [0.717, 1.165) is 12.8 Å². The van der Waals surface area contributed by atoms with E-state index in [1.54, 1.807) is 0 Å². The second-order valence-corrected chi connectivity index (χ2v) is 7.75. The largest absolute Gasteiger partial charge is 0.229 e. The SMILES string of the molecule is Cc1ccccc1CC(CCl)C1CCS(=O)(=O)C1. The molecular weight excluding hydrogens is 268 g/mol. The Morgan fingerprint density at radius 3 is 2.67 bits per heavy atom. The van der Waals surface area contributed by atoms with Gasteiger partial charge in [-0.1, -0.05) is 24.3 Å². The first-order chi connectivity index (χ1) is 8.52. The quantitative estimate of drug-likeness (QED) is 0.798. The molecule has 2 unspecified atom stereocenters. The van der Waals surface area contributed by atoms with E-state index in [4.69, 9.17) is 11.6 Å². The van der Waals surface area contributed by atoms with Gasteiger partial charge in [-0.05, 0) is 42.7 Å². The number of halogens is 1. The third-order valence-corrected chi connectivity index (χ3v) is 6.07. The molecule has 18 heavy (non-hydrogen) atoms. The Hall–Kier alpha value is -0.540. The normalized spacial score (nSPS) is 24.0. The minimum atomic E-state index is -2.81. The molecule has 0 amide bonds. The van der Waals surface area contributed by atoms with Crippen molar-refractivity contribution in [3.05, 3.63) is 35.4 Å². The van der Waals surface area contributed by atoms with Crippen LogP contribution in [0, 0.1) is 18.8 Å². The molecule has 2 rings (SSSR count). The van der Waals surface area contributed by atoms with E-state index >= 15 is 0 Å². The summed E-state index contributed by atoms with van der Waals surface area (Å²) < 4.78 is 23.1. The molecule has 1 aromatic rings. The number of alkyl halides is 1. The summed E-state index contributed by atoms with van der Waals surface area (Å²) in [6.45, 7) is 2.09. The average Bonchev–Trinajstić information content (AvgIpc) is 2.68. The summed E-state index contributed by atoms with van der Waals surface area (Å²) in [5, 5.41) is 0. The maximum absolute atomic E-state index is 11.5. The van der Waals surface area contributed by atoms with Crippen LogP contribution in [0.25, 0.3) is 0 Å². The Morgan fingerprint density at radius 1 is 1.39 bits per heavy atom. The van der Waals surface area contributed by atoms with E-state index in [2.05, 4.69) is 19.1 Å². The van der Waals surface area contributed by atoms with Crippen LogP contribution in [0.4, 0.5) is 0 Å². The lowest BCUT2D eigenvalue weighted by Crippen LogP contribution is -2.20. The van der Waals surface area contributed by atoms with Crippen LogP contribution >= 0.6 is 11.6 Å². The van der Waals surface area contributed by atoms with Gasteiger partial charge >= 0.3 is 0 Å². The molecule has 0 spiro atoms. The summed E-state index contributed by atoms with van der Waals surface area (Å²) in [5.41, 5.74) is 2.54. The number of rotatable bonds is 4. The van der Waals surface area contributed by atoms with Crippen LogP contribution in [0.2, 0.25) is 0 Å². The first-order valence-corrected chi connectivity index (χ1v) is 8.68. The van der Waals surface area contributed by atoms with Gasteiger partial charge in [0, 0.05) is 5.88 Å². The van der Waals surface area contributed by atoms with Crippen LogP contribution in [-0.4, -0.2) is 25.8 Å². The molecule has 1 saturated heterocycles. The van der Waals surface area contributed by atoms with Crippen molar-refractivity contribution in [1.29, 1.82) is 0 Å². The van der Waals surface area contributed by atoms with Gasteiger partial charge in [-0.25, -0.2) is 8.42 Å². The Labute approximate surface area is 114 Å². The minimum absolute atomic E-state index is 0.229. The van der Waals surface area contributed by atoms with E-state index in [0.29, 0.717) is 17.4 Å². The third kappa shape index (κ3) is 3.27. The van der Waals surface area contributed by atoms with Gasteiger partial charge < -0.3 is 0 Å². The topological polar surface area (TPSA) is 34.1 Å². The van der Waals surface area contributed by atoms with Crippen molar-refractivity contribution < 1.29 is 8.42 Å². The van der Waals surface area contributed by atoms with Gasteiger partial charge in [0.05, 0.1) is 11.5 Å². The molecule has 0 aromatic heterocycles. The second kappa shape index (κ2) is 5.62. The van der Waals surface area contributed by atoms with Gasteiger partial charge in [0.15, 0.2) is 9.84 Å². The van der Waals surface area contributed by atoms with Crippen LogP contribution in [-0.2, 0) is 16.3 Å². The van der Waals surface area contributed by atoms with Gasteiger partial charge in [-0.2, -0.15) is 0 Å². The maximum atomic E-state index is 11.5. The van der Waals surface area contributed by atoms with Crippen molar-refractivity contribution in [3.63, 3.8) is 0 Å². The summed E-state index contributed by atoms with van der Waals surface area (Å²) in [6.07, 6.45) is 1.65. The van der Waals surface area contributed by atoms with Crippen molar-refractivity contribution in [1.82, 2.24) is 0 Å². The summed E-state index contributed by atoms with van der Waals surface area (Å²) in [7, 11) is -2.81. The fourth-order valence-corrected chi connectivity index (χ4v) is 4.95. The first kappa shape index (κ1) is 13.9. The molecule has 1 heterocycles. The van der Waals surface area contributed by atoms with E-state index in [-0.39, 0.29) is 11.8 Å². The van der Waals surface area contributed by atoms with Crippen LogP contribution in [0.1, 0.15) is 17.5 Å². The third-order valence-electron chi connectivity index (χ3n) is 3.88. The standard InChI is InChI=1S/C14H19ClO2S/c1-11-4-2-3-5-12(11)8-14(9-15)13-6-7-18(16,17)10-13/h2-5,13-14H,6-10H2,1H3. The molecule has 1 aliphatic heterocycles. The summed E-state index contributed by atoms with van der Waals surface area (Å²) in [6, 6.07) is 8.25. The predicted molar refractivity (Wildman–Crippen MR) is 75.9 cm³/mol. The lowest BCUT2D eigenvalue weighted by Gasteiger charge is -2.21. The monoisotopic (exact) mass is 286 g/mol. The number of benzene rings is 1. The minimum Gasteiger partial charge on any atom is -0.229 e. The van der Waals surface area contributed by atoms with Crippen molar-refractivity contribution >= 4 is 21.4 Å². The van der Waals surface area contributed by atoms with Crippen LogP contribution in [0.15, 0.2) is 24.3 Å². The fourth-order valence-electron chi connectivity index (χ4n) is 2.66. The Morgan fingerprint density at radius 2 is 2.11 bits per heavy atom. The van der Waals surface area contributed by atoms with Gasteiger partial charge in [0.2, 0.25) is 0 Å². The summed E-state index contributed by atoms with van der Waals surface area (Å²) >= 11 is 6.05. The Bertz CT molecular complexity index is 510. The average molecular weight is 287 g/mol. The molecule has 0 bridgehead atoms. The second-order valence-electron chi connectivity index (χ2n) is 5.21. The first-order valence-electron chi connectivity index (χ1n) is 6.33. The fraction of sp³-hybridized carbons (Fsp3) is 0.571. The zero-order chi connectivity index (χ0) is 13.2. The molecule has 1 aliphatic rings. The van der Waals surface area contributed by atoms with Crippen LogP contribution < -0.4 is 0 Å². The molecule has 0 aliphatic carbocycles. The van der Waals surface area contributed by atoms with Crippen molar-refractivity contribution in [2.75, 3.05) is 17.4 Å². The number of hydrogen-bond acceptors (Lipinski definition) is 2. The molecule has 4 heteroatoms. The zero-order valence-corrected chi connectivity index (χ0v) is 12.2. The molecule has 1 fully saturated rings. The Balaban J connectivity index is 2.09. The van der Waals surface area contributed by atoms with Crippen LogP contribution in [0.5, 0.6) is 0 Å². The zero-order valence-electron chi connectivity index (χ0n) is 10.6. The summed E-state index contributed by atoms with van der Waals surface area (Å²) in [5.74, 6) is 1.68. The highest BCUT2D eigenvalue weighted by Crippen LogP contribution is 2.30. The number of hydrogen-bond donors (Lipinski definition) is 0. The van der Waals surface area contributed by atoms with Crippen molar-refractivity contribution in [3.8, 4) is 0 Å². The number of sulfone groups is 1. The summed E-state index contributed by atoms with van der Waals surface area (Å²) in [4.78, 5) is 0. The molecule has 0 saturated carbocycles. The molecule has 1 aromatic carbocycles. The van der Waals surface area contributed by atoms with E-state index in [1.807, 2.05) is 12.1 Å². The maximum Gasteiger partial charge on any atom is 0.150 e. The highest BCUT2D eigenvalue weighted by molar-refractivity contribution is 7.91. The van der Waals surface area contributed by atoms with E-state index < -0.39 is 9.84 Å². The highest BCUT2D eigenvalue weighted by Gasteiger charge is 2.33. The van der Waals surface area contributed by atoms with E-state index in [1.165, 1.54) is 11.1 Å². The molecule has 0 radical (unpaired) electrons. The molecule has 100 valence electrons. The highest BCUT2D eigenvalue weighted by atomic mass is 35.5. The molecule has 2 nitrogen and oxygen atoms in total. The van der Waals surface area contributed by atoms with Gasteiger partial charge in [0.25, 0.3) is 0 Å². The van der Waals surface area contributed by atoms with Gasteiger partial charge in [0.1, 0.15) is 0 Å². The van der Waals surface area contributed by atoms with Gasteiger partial charge in [-0.15, -0.1) is 11.6 Å². The van der Waals surface area contributed by atoms with E-state index in [9.17, 15) is 8.42 Å². The van der Waals surface area contributed by atoms with Crippen LogP contribution in [0.3, 0.4) is 0 Å². The van der Waals surface area contributed by atoms with Crippen molar-refractivity contribution in [2.24, 2.45) is 11.8 Å². The lowest BCUT2D eigenvalue weighted by molar-refractivity contribution is 0.397. The molecular formula is C14H19ClO2S. The Kier molecular flexibility index (Phi) is 4.33. The molecule has 2 atom stereocenters. The number of aryl methyl sites for hydroxylation is 1. The molecule has 0 N–H and O–H groups in total. The van der Waals surface area contributed by atoms with Gasteiger partial charge in [-0.3, -0.25) is 0 Å². The van der Waals surface area contributed by atoms with Crippen molar-refractivity contribution in [2.45, 2.75) is 19.8 Å².